The lowest BCUT2D eigenvalue weighted by Crippen LogP contribution is -2.50. The Morgan fingerprint density at radius 1 is 1.35 bits per heavy atom. The van der Waals surface area contributed by atoms with E-state index in [1.54, 1.807) is 18.4 Å². The van der Waals surface area contributed by atoms with Gasteiger partial charge in [-0.15, -0.1) is 0 Å². The Morgan fingerprint density at radius 2 is 2.13 bits per heavy atom. The first-order valence-corrected chi connectivity index (χ1v) is 8.55. The summed E-state index contributed by atoms with van der Waals surface area (Å²) in [6.45, 7) is 4.96. The molecule has 2 aliphatic heterocycles. The molecule has 1 N–H and O–H groups in total. The SMILES string of the molecule is CN1CCN(C(=O)CN2CCCC2CC(O)c2ccco2)CC1. The number of carbonyl (C=O) groups excluding carboxylic acids is 1. The zero-order chi connectivity index (χ0) is 16.2. The number of aliphatic hydroxyl groups is 1. The van der Waals surface area contributed by atoms with Gasteiger partial charge < -0.3 is 19.3 Å². The van der Waals surface area contributed by atoms with Crippen LogP contribution in [0.15, 0.2) is 22.8 Å². The number of rotatable bonds is 5. The minimum atomic E-state index is -0.589. The lowest BCUT2D eigenvalue weighted by Gasteiger charge is -2.34. The lowest BCUT2D eigenvalue weighted by molar-refractivity contribution is -0.134. The number of likely N-dealkylation sites (N-methyl/N-ethyl adjacent to an activating group) is 1. The third-order valence-corrected chi connectivity index (χ3v) is 5.06. The first-order valence-electron chi connectivity index (χ1n) is 8.55. The van der Waals surface area contributed by atoms with E-state index in [2.05, 4.69) is 16.8 Å². The zero-order valence-corrected chi connectivity index (χ0v) is 13.9. The van der Waals surface area contributed by atoms with Gasteiger partial charge in [0.1, 0.15) is 11.9 Å². The summed E-state index contributed by atoms with van der Waals surface area (Å²) in [5.41, 5.74) is 0. The van der Waals surface area contributed by atoms with Crippen LogP contribution in [0.1, 0.15) is 31.1 Å². The van der Waals surface area contributed by atoms with Crippen molar-refractivity contribution in [2.24, 2.45) is 0 Å². The van der Waals surface area contributed by atoms with Crippen molar-refractivity contribution in [1.29, 1.82) is 0 Å². The minimum absolute atomic E-state index is 0.220. The van der Waals surface area contributed by atoms with Crippen molar-refractivity contribution in [3.05, 3.63) is 24.2 Å². The van der Waals surface area contributed by atoms with Crippen LogP contribution in [0.3, 0.4) is 0 Å². The standard InChI is InChI=1S/C17H27N3O3/c1-18-7-9-19(10-8-18)17(22)13-20-6-2-4-14(20)12-15(21)16-5-3-11-23-16/h3,5,11,14-15,21H,2,4,6-10,12-13H2,1H3. The number of nitrogens with zero attached hydrogens (tertiary/aromatic N) is 3. The van der Waals surface area contributed by atoms with Crippen LogP contribution < -0.4 is 0 Å². The Morgan fingerprint density at radius 3 is 2.83 bits per heavy atom. The Kier molecular flexibility index (Phi) is 5.35. The van der Waals surface area contributed by atoms with Crippen LogP contribution >= 0.6 is 0 Å². The van der Waals surface area contributed by atoms with E-state index < -0.39 is 6.10 Å². The minimum Gasteiger partial charge on any atom is -0.467 e. The highest BCUT2D eigenvalue weighted by molar-refractivity contribution is 5.78. The van der Waals surface area contributed by atoms with E-state index in [0.29, 0.717) is 18.7 Å². The highest BCUT2D eigenvalue weighted by Gasteiger charge is 2.30. The lowest BCUT2D eigenvalue weighted by atomic mass is 10.1. The Hall–Kier alpha value is -1.37. The van der Waals surface area contributed by atoms with E-state index in [1.165, 1.54) is 0 Å². The smallest absolute Gasteiger partial charge is 0.236 e. The molecule has 2 fully saturated rings. The van der Waals surface area contributed by atoms with Gasteiger partial charge in [0.25, 0.3) is 0 Å². The maximum Gasteiger partial charge on any atom is 0.236 e. The van der Waals surface area contributed by atoms with E-state index in [4.69, 9.17) is 4.42 Å². The van der Waals surface area contributed by atoms with Crippen LogP contribution in [0.25, 0.3) is 0 Å². The van der Waals surface area contributed by atoms with Gasteiger partial charge in [-0.2, -0.15) is 0 Å². The summed E-state index contributed by atoms with van der Waals surface area (Å²) in [5.74, 6) is 0.833. The quantitative estimate of drug-likeness (QED) is 0.875. The average molecular weight is 321 g/mol. The van der Waals surface area contributed by atoms with E-state index in [-0.39, 0.29) is 11.9 Å². The fourth-order valence-electron chi connectivity index (χ4n) is 3.55. The highest BCUT2D eigenvalue weighted by Crippen LogP contribution is 2.27. The average Bonchev–Trinajstić information content (AvgIpc) is 3.20. The molecule has 0 aromatic carbocycles. The van der Waals surface area contributed by atoms with Crippen LogP contribution in [0.5, 0.6) is 0 Å². The van der Waals surface area contributed by atoms with Crippen LogP contribution in [-0.4, -0.2) is 78.1 Å². The van der Waals surface area contributed by atoms with Gasteiger partial charge in [-0.1, -0.05) is 0 Å². The van der Waals surface area contributed by atoms with Crippen LogP contribution in [0.2, 0.25) is 0 Å². The van der Waals surface area contributed by atoms with E-state index in [9.17, 15) is 9.90 Å². The maximum atomic E-state index is 12.5. The summed E-state index contributed by atoms with van der Waals surface area (Å²) in [6.07, 6.45) is 3.75. The molecule has 1 aromatic rings. The second-order valence-electron chi connectivity index (χ2n) is 6.72. The predicted molar refractivity (Wildman–Crippen MR) is 87.0 cm³/mol. The van der Waals surface area contributed by atoms with Gasteiger partial charge in [0.2, 0.25) is 5.91 Å². The molecule has 0 aliphatic carbocycles. The van der Waals surface area contributed by atoms with Gasteiger partial charge in [-0.3, -0.25) is 9.69 Å². The summed E-state index contributed by atoms with van der Waals surface area (Å²) < 4.78 is 5.28. The summed E-state index contributed by atoms with van der Waals surface area (Å²) in [7, 11) is 2.09. The molecule has 1 amide bonds. The molecule has 0 saturated carbocycles. The topological polar surface area (TPSA) is 60.2 Å². The molecular formula is C17H27N3O3. The third-order valence-electron chi connectivity index (χ3n) is 5.06. The van der Waals surface area contributed by atoms with Crippen molar-refractivity contribution in [3.8, 4) is 0 Å². The van der Waals surface area contributed by atoms with E-state index >= 15 is 0 Å². The number of likely N-dealkylation sites (tertiary alicyclic amines) is 1. The second kappa shape index (κ2) is 7.47. The molecule has 2 unspecified atom stereocenters. The number of furan rings is 1. The first-order chi connectivity index (χ1) is 11.1. The van der Waals surface area contributed by atoms with Crippen LogP contribution in [0.4, 0.5) is 0 Å². The van der Waals surface area contributed by atoms with Crippen LogP contribution in [-0.2, 0) is 4.79 Å². The van der Waals surface area contributed by atoms with Crippen molar-refractivity contribution in [2.45, 2.75) is 31.4 Å². The fourth-order valence-corrected chi connectivity index (χ4v) is 3.55. The molecule has 3 heterocycles. The molecule has 0 bridgehead atoms. The van der Waals surface area contributed by atoms with Crippen molar-refractivity contribution >= 4 is 5.91 Å². The van der Waals surface area contributed by atoms with Crippen molar-refractivity contribution < 1.29 is 14.3 Å². The summed E-state index contributed by atoms with van der Waals surface area (Å²) in [6, 6.07) is 3.85. The third kappa shape index (κ3) is 4.13. The van der Waals surface area contributed by atoms with Crippen LogP contribution in [0, 0.1) is 0 Å². The molecule has 6 nitrogen and oxygen atoms in total. The fraction of sp³-hybridized carbons (Fsp3) is 0.706. The molecule has 1 aromatic heterocycles. The first kappa shape index (κ1) is 16.5. The normalized spacial score (nSPS) is 25.0. The summed E-state index contributed by atoms with van der Waals surface area (Å²) in [5, 5.41) is 10.3. The molecule has 0 radical (unpaired) electrons. The van der Waals surface area contributed by atoms with E-state index in [0.717, 1.165) is 45.6 Å². The second-order valence-corrected chi connectivity index (χ2v) is 6.72. The summed E-state index contributed by atoms with van der Waals surface area (Å²) in [4.78, 5) is 19.0. The number of piperazine rings is 1. The monoisotopic (exact) mass is 321 g/mol. The molecule has 2 aliphatic rings. The number of carbonyl (C=O) groups is 1. The predicted octanol–water partition coefficient (Wildman–Crippen LogP) is 0.941. The summed E-state index contributed by atoms with van der Waals surface area (Å²) >= 11 is 0. The van der Waals surface area contributed by atoms with Gasteiger partial charge in [0.15, 0.2) is 0 Å². The molecule has 3 rings (SSSR count). The van der Waals surface area contributed by atoms with Gasteiger partial charge in [0.05, 0.1) is 12.8 Å². The van der Waals surface area contributed by atoms with Gasteiger partial charge in [-0.25, -0.2) is 0 Å². The van der Waals surface area contributed by atoms with Crippen molar-refractivity contribution in [3.63, 3.8) is 0 Å². The number of aliphatic hydroxyl groups excluding tert-OH is 1. The van der Waals surface area contributed by atoms with Crippen molar-refractivity contribution in [2.75, 3.05) is 46.3 Å². The maximum absolute atomic E-state index is 12.5. The molecule has 128 valence electrons. The molecule has 2 saturated heterocycles. The number of hydrogen-bond donors (Lipinski definition) is 1. The largest absolute Gasteiger partial charge is 0.467 e. The zero-order valence-electron chi connectivity index (χ0n) is 13.9. The van der Waals surface area contributed by atoms with Gasteiger partial charge in [-0.05, 0) is 45.0 Å². The van der Waals surface area contributed by atoms with Crippen molar-refractivity contribution in [1.82, 2.24) is 14.7 Å². The van der Waals surface area contributed by atoms with Gasteiger partial charge in [0, 0.05) is 32.2 Å². The Bertz CT molecular complexity index is 497. The number of hydrogen-bond acceptors (Lipinski definition) is 5. The molecule has 23 heavy (non-hydrogen) atoms. The van der Waals surface area contributed by atoms with E-state index in [1.807, 2.05) is 4.90 Å². The molecule has 0 spiro atoms. The highest BCUT2D eigenvalue weighted by atomic mass is 16.4. The Labute approximate surface area is 137 Å². The molecular weight excluding hydrogens is 294 g/mol. The van der Waals surface area contributed by atoms with Gasteiger partial charge >= 0.3 is 0 Å². The molecule has 6 heteroatoms. The molecule has 2 atom stereocenters. The Balaban J connectivity index is 1.51. The number of amides is 1.